The summed E-state index contributed by atoms with van der Waals surface area (Å²) in [6.45, 7) is 0. The van der Waals surface area contributed by atoms with E-state index in [4.69, 9.17) is 21.6 Å². The van der Waals surface area contributed by atoms with Gasteiger partial charge in [-0.25, -0.2) is 4.98 Å². The van der Waals surface area contributed by atoms with Gasteiger partial charge in [-0.1, -0.05) is 11.6 Å². The molecule has 1 aromatic rings. The molecule has 0 saturated heterocycles. The van der Waals surface area contributed by atoms with Gasteiger partial charge in [-0.3, -0.25) is 0 Å². The van der Waals surface area contributed by atoms with Gasteiger partial charge in [0.2, 0.25) is 5.88 Å². The van der Waals surface area contributed by atoms with Crippen LogP contribution in [0.25, 0.3) is 0 Å². The smallest absolute Gasteiger partial charge is 0.232 e. The van der Waals surface area contributed by atoms with Crippen molar-refractivity contribution in [3.05, 3.63) is 23.9 Å². The van der Waals surface area contributed by atoms with Crippen molar-refractivity contribution < 1.29 is 4.74 Å². The Hall–Kier alpha value is -1.27. The minimum atomic E-state index is 0.00565. The second kappa shape index (κ2) is 3.79. The third kappa shape index (κ3) is 1.82. The largest absolute Gasteiger partial charge is 0.460 e. The maximum absolute atomic E-state index is 8.53. The van der Waals surface area contributed by atoms with E-state index in [1.807, 2.05) is 6.07 Å². The summed E-state index contributed by atoms with van der Waals surface area (Å²) < 4.78 is 4.86. The number of nitrogens with zero attached hydrogens (tertiary/aromatic N) is 2. The molecule has 0 saturated carbocycles. The van der Waals surface area contributed by atoms with Gasteiger partial charge in [0.25, 0.3) is 0 Å². The van der Waals surface area contributed by atoms with E-state index in [2.05, 4.69) is 4.98 Å². The van der Waals surface area contributed by atoms with E-state index < -0.39 is 0 Å². The highest BCUT2D eigenvalue weighted by molar-refractivity contribution is 6.17. The number of rotatable bonds is 2. The Morgan fingerprint density at radius 1 is 1.73 bits per heavy atom. The van der Waals surface area contributed by atoms with Crippen molar-refractivity contribution in [3.63, 3.8) is 0 Å². The minimum Gasteiger partial charge on any atom is -0.460 e. The molecule has 0 aliphatic heterocycles. The number of halogens is 1. The Kier molecular flexibility index (Phi) is 2.70. The van der Waals surface area contributed by atoms with Crippen LogP contribution in [0.3, 0.4) is 0 Å². The molecule has 1 rings (SSSR count). The summed E-state index contributed by atoms with van der Waals surface area (Å²) >= 11 is 5.29. The Labute approximate surface area is 69.2 Å². The van der Waals surface area contributed by atoms with Gasteiger partial charge in [-0.2, -0.15) is 5.26 Å². The molecule has 3 nitrogen and oxygen atoms in total. The fraction of sp³-hybridized carbons (Fsp3) is 0.143. The SMILES string of the molecule is N#Cc1cccnc1OCCl. The van der Waals surface area contributed by atoms with Crippen molar-refractivity contribution in [2.24, 2.45) is 0 Å². The van der Waals surface area contributed by atoms with Crippen molar-refractivity contribution in [2.75, 3.05) is 6.07 Å². The van der Waals surface area contributed by atoms with E-state index in [-0.39, 0.29) is 11.9 Å². The van der Waals surface area contributed by atoms with Gasteiger partial charge in [-0.05, 0) is 12.1 Å². The van der Waals surface area contributed by atoms with Crippen LogP contribution in [-0.4, -0.2) is 11.1 Å². The zero-order valence-corrected chi connectivity index (χ0v) is 6.38. The number of alkyl halides is 1. The van der Waals surface area contributed by atoms with Crippen LogP contribution in [0.1, 0.15) is 5.56 Å². The molecule has 0 fully saturated rings. The molecule has 0 bridgehead atoms. The Balaban J connectivity index is 2.95. The summed E-state index contributed by atoms with van der Waals surface area (Å²) in [7, 11) is 0. The van der Waals surface area contributed by atoms with Crippen molar-refractivity contribution in [2.45, 2.75) is 0 Å². The summed E-state index contributed by atoms with van der Waals surface area (Å²) in [5, 5.41) is 8.53. The third-order valence-electron chi connectivity index (χ3n) is 1.08. The van der Waals surface area contributed by atoms with Crippen molar-refractivity contribution in [1.29, 1.82) is 5.26 Å². The Morgan fingerprint density at radius 2 is 2.55 bits per heavy atom. The van der Waals surface area contributed by atoms with Gasteiger partial charge >= 0.3 is 0 Å². The zero-order valence-electron chi connectivity index (χ0n) is 5.62. The molecule has 0 N–H and O–H groups in total. The lowest BCUT2D eigenvalue weighted by Gasteiger charge is -1.99. The molecule has 4 heteroatoms. The molecule has 0 aromatic carbocycles. The first-order chi connectivity index (χ1) is 5.38. The van der Waals surface area contributed by atoms with Crippen molar-refractivity contribution in [3.8, 4) is 11.9 Å². The third-order valence-corrected chi connectivity index (χ3v) is 1.19. The second-order valence-corrected chi connectivity index (χ2v) is 1.94. The molecule has 0 amide bonds. The molecule has 0 atom stereocenters. The number of hydrogen-bond donors (Lipinski definition) is 0. The topological polar surface area (TPSA) is 45.9 Å². The van der Waals surface area contributed by atoms with Crippen molar-refractivity contribution >= 4 is 11.6 Å². The van der Waals surface area contributed by atoms with Gasteiger partial charge in [0.05, 0.1) is 0 Å². The monoisotopic (exact) mass is 168 g/mol. The lowest BCUT2D eigenvalue weighted by Crippen LogP contribution is -1.94. The highest BCUT2D eigenvalue weighted by Crippen LogP contribution is 2.12. The van der Waals surface area contributed by atoms with E-state index in [1.165, 1.54) is 0 Å². The number of pyridine rings is 1. The first-order valence-corrected chi connectivity index (χ1v) is 3.46. The van der Waals surface area contributed by atoms with Crippen LogP contribution in [0.2, 0.25) is 0 Å². The summed E-state index contributed by atoms with van der Waals surface area (Å²) in [6.07, 6.45) is 1.54. The van der Waals surface area contributed by atoms with E-state index >= 15 is 0 Å². The highest BCUT2D eigenvalue weighted by atomic mass is 35.5. The number of hydrogen-bond acceptors (Lipinski definition) is 3. The molecule has 1 heterocycles. The number of nitriles is 1. The maximum atomic E-state index is 8.53. The number of aromatic nitrogens is 1. The summed E-state index contributed by atoms with van der Waals surface area (Å²) in [5.74, 6) is 0.282. The molecular formula is C7H5ClN2O. The normalized spacial score (nSPS) is 8.73. The molecule has 0 unspecified atom stereocenters. The lowest BCUT2D eigenvalue weighted by atomic mass is 10.3. The average molecular weight is 169 g/mol. The average Bonchev–Trinajstić information content (AvgIpc) is 2.06. The van der Waals surface area contributed by atoms with E-state index in [9.17, 15) is 0 Å². The van der Waals surface area contributed by atoms with Crippen LogP contribution in [0.15, 0.2) is 18.3 Å². The summed E-state index contributed by atoms with van der Waals surface area (Å²) in [5.41, 5.74) is 0.396. The van der Waals surface area contributed by atoms with Gasteiger partial charge in [0, 0.05) is 6.20 Å². The van der Waals surface area contributed by atoms with Gasteiger partial charge in [0.15, 0.2) is 6.07 Å². The van der Waals surface area contributed by atoms with Gasteiger partial charge in [0.1, 0.15) is 11.6 Å². The minimum absolute atomic E-state index is 0.00565. The van der Waals surface area contributed by atoms with E-state index in [0.29, 0.717) is 5.56 Å². The molecule has 0 aliphatic carbocycles. The summed E-state index contributed by atoms with van der Waals surface area (Å²) in [4.78, 5) is 3.81. The molecule has 0 spiro atoms. The fourth-order valence-electron chi connectivity index (χ4n) is 0.643. The standard InChI is InChI=1S/C7H5ClN2O/c8-5-11-7-6(4-9)2-1-3-10-7/h1-3H,5H2. The van der Waals surface area contributed by atoms with Crippen LogP contribution >= 0.6 is 11.6 Å². The summed E-state index contributed by atoms with van der Waals surface area (Å²) in [6, 6.07) is 5.23. The van der Waals surface area contributed by atoms with Crippen LogP contribution < -0.4 is 4.74 Å². The molecule has 1 aromatic heterocycles. The molecular weight excluding hydrogens is 164 g/mol. The highest BCUT2D eigenvalue weighted by Gasteiger charge is 2.00. The first kappa shape index (κ1) is 7.83. The Bertz CT molecular complexity index is 282. The van der Waals surface area contributed by atoms with Gasteiger partial charge in [-0.15, -0.1) is 0 Å². The predicted molar refractivity (Wildman–Crippen MR) is 40.3 cm³/mol. The number of ether oxygens (including phenoxy) is 1. The maximum Gasteiger partial charge on any atom is 0.232 e. The molecule has 0 aliphatic rings. The fourth-order valence-corrected chi connectivity index (χ4v) is 0.746. The second-order valence-electron chi connectivity index (χ2n) is 1.72. The van der Waals surface area contributed by atoms with Crippen molar-refractivity contribution in [1.82, 2.24) is 4.98 Å². The first-order valence-electron chi connectivity index (χ1n) is 2.92. The molecule has 0 radical (unpaired) electrons. The van der Waals surface area contributed by atoms with Gasteiger partial charge < -0.3 is 4.74 Å². The van der Waals surface area contributed by atoms with Crippen LogP contribution in [0.4, 0.5) is 0 Å². The molecule has 56 valence electrons. The van der Waals surface area contributed by atoms with E-state index in [0.717, 1.165) is 0 Å². The predicted octanol–water partition coefficient (Wildman–Crippen LogP) is 1.53. The quantitative estimate of drug-likeness (QED) is 0.630. The molecule has 11 heavy (non-hydrogen) atoms. The van der Waals surface area contributed by atoms with Crippen LogP contribution in [-0.2, 0) is 0 Å². The van der Waals surface area contributed by atoms with Crippen LogP contribution in [0, 0.1) is 11.3 Å². The lowest BCUT2D eigenvalue weighted by molar-refractivity contribution is 0.371. The van der Waals surface area contributed by atoms with E-state index in [1.54, 1.807) is 18.3 Å². The Morgan fingerprint density at radius 3 is 3.18 bits per heavy atom. The zero-order chi connectivity index (χ0) is 8.10. The van der Waals surface area contributed by atoms with Crippen LogP contribution in [0.5, 0.6) is 5.88 Å².